The summed E-state index contributed by atoms with van der Waals surface area (Å²) in [4.78, 5) is 7.09. The van der Waals surface area contributed by atoms with Gasteiger partial charge in [-0.05, 0) is 18.9 Å². The van der Waals surface area contributed by atoms with Crippen LogP contribution in [-0.2, 0) is 19.5 Å². The molecule has 0 spiro atoms. The molecule has 28 heavy (non-hydrogen) atoms. The lowest BCUT2D eigenvalue weighted by Gasteiger charge is -2.26. The molecule has 0 saturated heterocycles. The van der Waals surface area contributed by atoms with Crippen LogP contribution in [0, 0.1) is 0 Å². The first-order valence-electron chi connectivity index (χ1n) is 10.2. The second-order valence-corrected chi connectivity index (χ2v) is 7.29. The van der Waals surface area contributed by atoms with Gasteiger partial charge in [-0.1, -0.05) is 38.0 Å². The van der Waals surface area contributed by atoms with Crippen molar-refractivity contribution in [2.45, 2.75) is 58.2 Å². The van der Waals surface area contributed by atoms with E-state index in [1.807, 2.05) is 18.2 Å². The Morgan fingerprint density at radius 1 is 1.32 bits per heavy atom. The molecular formula is C21H32N6O. The fourth-order valence-corrected chi connectivity index (χ4v) is 3.70. The molecule has 2 aromatic rings. The van der Waals surface area contributed by atoms with E-state index >= 15 is 0 Å². The third-order valence-corrected chi connectivity index (χ3v) is 5.26. The molecule has 1 N–H and O–H groups in total. The molecule has 0 unspecified atom stereocenters. The van der Waals surface area contributed by atoms with Crippen LogP contribution in [0.3, 0.4) is 0 Å². The number of nitrogens with zero attached hydrogens (tertiary/aromatic N) is 5. The first-order chi connectivity index (χ1) is 13.7. The summed E-state index contributed by atoms with van der Waals surface area (Å²) in [6.07, 6.45) is 7.69. The maximum Gasteiger partial charge on any atom is 0.194 e. The van der Waals surface area contributed by atoms with Gasteiger partial charge in [-0.3, -0.25) is 4.99 Å². The molecule has 0 aliphatic heterocycles. The third-order valence-electron chi connectivity index (χ3n) is 5.26. The highest BCUT2D eigenvalue weighted by Gasteiger charge is 2.19. The van der Waals surface area contributed by atoms with Gasteiger partial charge >= 0.3 is 0 Å². The molecule has 1 aliphatic carbocycles. The van der Waals surface area contributed by atoms with Crippen molar-refractivity contribution < 1.29 is 4.74 Å². The van der Waals surface area contributed by atoms with Crippen molar-refractivity contribution in [3.8, 4) is 5.75 Å². The molecule has 0 radical (unpaired) electrons. The molecule has 0 bridgehead atoms. The largest absolute Gasteiger partial charge is 0.496 e. The fourth-order valence-electron chi connectivity index (χ4n) is 3.70. The number of aryl methyl sites for hydroxylation is 1. The van der Waals surface area contributed by atoms with Gasteiger partial charge in [0.05, 0.1) is 13.7 Å². The van der Waals surface area contributed by atoms with E-state index in [2.05, 4.69) is 45.0 Å². The summed E-state index contributed by atoms with van der Waals surface area (Å²) in [6.45, 7) is 4.32. The predicted octanol–water partition coefficient (Wildman–Crippen LogP) is 2.87. The van der Waals surface area contributed by atoms with Crippen LogP contribution in [0.4, 0.5) is 0 Å². The molecule has 152 valence electrons. The molecule has 1 heterocycles. The molecule has 0 atom stereocenters. The van der Waals surface area contributed by atoms with E-state index in [0.29, 0.717) is 12.6 Å². The number of hydrogen-bond donors (Lipinski definition) is 1. The van der Waals surface area contributed by atoms with Gasteiger partial charge in [-0.25, -0.2) is 0 Å². The zero-order valence-electron chi connectivity index (χ0n) is 17.3. The van der Waals surface area contributed by atoms with Gasteiger partial charge in [0.25, 0.3) is 0 Å². The Hall–Kier alpha value is -2.57. The average molecular weight is 385 g/mol. The van der Waals surface area contributed by atoms with Crippen molar-refractivity contribution in [3.05, 3.63) is 42.0 Å². The van der Waals surface area contributed by atoms with E-state index in [0.717, 1.165) is 42.6 Å². The van der Waals surface area contributed by atoms with Crippen LogP contribution in [0.25, 0.3) is 0 Å². The van der Waals surface area contributed by atoms with E-state index < -0.39 is 0 Å². The third kappa shape index (κ3) is 5.24. The molecule has 1 fully saturated rings. The Balaban J connectivity index is 1.69. The van der Waals surface area contributed by atoms with E-state index in [4.69, 9.17) is 9.73 Å². The van der Waals surface area contributed by atoms with Crippen molar-refractivity contribution >= 4 is 5.96 Å². The van der Waals surface area contributed by atoms with Crippen LogP contribution in [0.2, 0.25) is 0 Å². The number of methoxy groups -OCH3 is 1. The summed E-state index contributed by atoms with van der Waals surface area (Å²) < 4.78 is 7.59. The number of ether oxygens (including phenoxy) is 1. The second kappa shape index (κ2) is 10.1. The number of benzene rings is 1. The average Bonchev–Trinajstić information content (AvgIpc) is 3.39. The molecule has 3 rings (SSSR count). The lowest BCUT2D eigenvalue weighted by molar-refractivity contribution is 0.394. The van der Waals surface area contributed by atoms with Gasteiger partial charge in [0.2, 0.25) is 0 Å². The number of guanidine groups is 1. The van der Waals surface area contributed by atoms with Crippen LogP contribution < -0.4 is 10.1 Å². The number of aromatic nitrogens is 3. The van der Waals surface area contributed by atoms with Gasteiger partial charge in [0, 0.05) is 38.2 Å². The van der Waals surface area contributed by atoms with Crippen LogP contribution in [0.15, 0.2) is 35.6 Å². The molecule has 1 aromatic heterocycles. The topological polar surface area (TPSA) is 67.6 Å². The van der Waals surface area contributed by atoms with Gasteiger partial charge in [0.1, 0.15) is 17.9 Å². The minimum absolute atomic E-state index is 0.514. The lowest BCUT2D eigenvalue weighted by atomic mass is 10.2. The first kappa shape index (κ1) is 20.2. The van der Waals surface area contributed by atoms with Gasteiger partial charge in [-0.15, -0.1) is 10.2 Å². The normalized spacial score (nSPS) is 15.0. The fraction of sp³-hybridized carbons (Fsp3) is 0.571. The molecule has 1 aromatic carbocycles. The van der Waals surface area contributed by atoms with E-state index in [1.165, 1.54) is 25.7 Å². The summed E-state index contributed by atoms with van der Waals surface area (Å²) >= 11 is 0. The monoisotopic (exact) mass is 384 g/mol. The summed E-state index contributed by atoms with van der Waals surface area (Å²) in [6, 6.07) is 8.67. The highest BCUT2D eigenvalue weighted by molar-refractivity contribution is 5.80. The molecule has 0 amide bonds. The van der Waals surface area contributed by atoms with E-state index in [-0.39, 0.29) is 0 Å². The van der Waals surface area contributed by atoms with Crippen molar-refractivity contribution in [1.29, 1.82) is 0 Å². The van der Waals surface area contributed by atoms with Crippen LogP contribution in [0.5, 0.6) is 5.75 Å². The summed E-state index contributed by atoms with van der Waals surface area (Å²) in [5.41, 5.74) is 1.15. The Morgan fingerprint density at radius 3 is 2.86 bits per heavy atom. The Morgan fingerprint density at radius 2 is 2.11 bits per heavy atom. The minimum Gasteiger partial charge on any atom is -0.496 e. The molecule has 1 aliphatic rings. The predicted molar refractivity (Wildman–Crippen MR) is 112 cm³/mol. The Bertz CT molecular complexity index is 766. The molecule has 7 heteroatoms. The van der Waals surface area contributed by atoms with Crippen molar-refractivity contribution in [2.75, 3.05) is 20.7 Å². The Labute approximate surface area is 167 Å². The number of hydrogen-bond acceptors (Lipinski definition) is 4. The van der Waals surface area contributed by atoms with E-state index in [1.54, 1.807) is 13.4 Å². The summed E-state index contributed by atoms with van der Waals surface area (Å²) in [5.74, 6) is 2.86. The van der Waals surface area contributed by atoms with Crippen LogP contribution in [0.1, 0.15) is 44.0 Å². The highest BCUT2D eigenvalue weighted by atomic mass is 16.5. The zero-order chi connectivity index (χ0) is 19.8. The second-order valence-electron chi connectivity index (χ2n) is 7.29. The summed E-state index contributed by atoms with van der Waals surface area (Å²) in [5, 5.41) is 11.8. The van der Waals surface area contributed by atoms with Gasteiger partial charge in [-0.2, -0.15) is 0 Å². The van der Waals surface area contributed by atoms with Crippen LogP contribution >= 0.6 is 0 Å². The summed E-state index contributed by atoms with van der Waals surface area (Å²) in [7, 11) is 3.80. The first-order valence-corrected chi connectivity index (χ1v) is 10.2. The molecular weight excluding hydrogens is 352 g/mol. The smallest absolute Gasteiger partial charge is 0.194 e. The maximum atomic E-state index is 5.51. The number of nitrogens with one attached hydrogen (secondary N) is 1. The van der Waals surface area contributed by atoms with Crippen LogP contribution in [-0.4, -0.2) is 52.4 Å². The van der Waals surface area contributed by atoms with E-state index in [9.17, 15) is 0 Å². The lowest BCUT2D eigenvalue weighted by Crippen LogP contribution is -2.43. The number of rotatable bonds is 8. The maximum absolute atomic E-state index is 5.51. The quantitative estimate of drug-likeness (QED) is 0.560. The minimum atomic E-state index is 0.514. The number of para-hydroxylation sites is 1. The molecule has 1 saturated carbocycles. The van der Waals surface area contributed by atoms with Crippen molar-refractivity contribution in [2.24, 2.45) is 4.99 Å². The zero-order valence-corrected chi connectivity index (χ0v) is 17.3. The SMILES string of the molecule is CCc1nncn1CCN=C(NC1CCCC1)N(C)Cc1ccccc1OC. The number of aliphatic imine (C=N–C) groups is 1. The molecule has 7 nitrogen and oxygen atoms in total. The van der Waals surface area contributed by atoms with Crippen molar-refractivity contribution in [3.63, 3.8) is 0 Å². The van der Waals surface area contributed by atoms with Crippen molar-refractivity contribution in [1.82, 2.24) is 25.0 Å². The highest BCUT2D eigenvalue weighted by Crippen LogP contribution is 2.20. The standard InChI is InChI=1S/C21H32N6O/c1-4-20-25-23-16-27(20)14-13-22-21(24-18-10-6-7-11-18)26(2)15-17-9-5-8-12-19(17)28-3/h5,8-9,12,16,18H,4,6-7,10-11,13-15H2,1-3H3,(H,22,24). The van der Waals surface area contributed by atoms with Gasteiger partial charge in [0.15, 0.2) is 5.96 Å². The van der Waals surface area contributed by atoms with Gasteiger partial charge < -0.3 is 19.5 Å². The Kier molecular flexibility index (Phi) is 7.28.